The highest BCUT2D eigenvalue weighted by Crippen LogP contribution is 2.03. The van der Waals surface area contributed by atoms with E-state index in [9.17, 15) is 9.90 Å². The van der Waals surface area contributed by atoms with E-state index in [1.54, 1.807) is 0 Å². The predicted molar refractivity (Wildman–Crippen MR) is 31.4 cm³/mol. The van der Waals surface area contributed by atoms with Gasteiger partial charge in [-0.3, -0.25) is 4.79 Å². The lowest BCUT2D eigenvalue weighted by Gasteiger charge is -2.13. The Morgan fingerprint density at radius 3 is 2.44 bits per heavy atom. The first-order chi connectivity index (χ1) is 4.04. The minimum Gasteiger partial charge on any atom is -0.379 e. The molecule has 0 fully saturated rings. The minimum absolute atomic E-state index is 0.627. The maximum absolute atomic E-state index is 10.5. The fraction of sp³-hybridized carbons (Fsp3) is 0.500. The molecule has 0 spiro atoms. The number of aliphatic hydroxyl groups is 1. The van der Waals surface area contributed by atoms with E-state index in [0.717, 1.165) is 6.08 Å². The van der Waals surface area contributed by atoms with Crippen LogP contribution in [0.25, 0.3) is 0 Å². The quantitative estimate of drug-likeness (QED) is 0.542. The van der Waals surface area contributed by atoms with E-state index in [0.29, 0.717) is 0 Å². The Hall–Kier alpha value is -0.670. The van der Waals surface area contributed by atoms with Crippen LogP contribution in [0.3, 0.4) is 0 Å². The molecule has 1 atom stereocenters. The van der Waals surface area contributed by atoms with Crippen LogP contribution < -0.4 is 0 Å². The van der Waals surface area contributed by atoms with Gasteiger partial charge in [0.2, 0.25) is 0 Å². The molecule has 0 aromatic heterocycles. The summed E-state index contributed by atoms with van der Waals surface area (Å²) in [7, 11) is 0. The Labute approximate surface area is 53.6 Å². The van der Waals surface area contributed by atoms with Crippen molar-refractivity contribution in [1.82, 2.24) is 0 Å². The van der Waals surface area contributed by atoms with Crippen LogP contribution in [0.5, 0.6) is 0 Å². The molecule has 0 saturated carbocycles. The summed E-state index contributed by atoms with van der Waals surface area (Å²) < 4.78 is 0. The Balaban J connectivity index is 4.13. The van der Waals surface area contributed by atoms with Crippen LogP contribution in [0.1, 0.15) is 6.92 Å². The monoisotopic (exact) mass is 129 g/mol. The number of carbonyl (C=O) groups excluding carboxylic acids is 1. The highest BCUT2D eigenvalue weighted by atomic mass is 16.3. The first-order valence-electron chi connectivity index (χ1n) is 2.52. The molecule has 0 bridgehead atoms. The zero-order chi connectivity index (χ0) is 7.49. The highest BCUT2D eigenvalue weighted by molar-refractivity contribution is 5.96. The topological polar surface area (TPSA) is 57.2 Å². The van der Waals surface area contributed by atoms with E-state index in [2.05, 4.69) is 6.58 Å². The van der Waals surface area contributed by atoms with Crippen molar-refractivity contribution in [2.45, 2.75) is 12.5 Å². The van der Waals surface area contributed by atoms with E-state index in [1.165, 1.54) is 6.92 Å². The number of hydrogen-bond acceptors (Lipinski definition) is 2. The van der Waals surface area contributed by atoms with Gasteiger partial charge in [0.05, 0.1) is 0 Å². The van der Waals surface area contributed by atoms with Crippen molar-refractivity contribution in [2.75, 3.05) is 6.61 Å². The Morgan fingerprint density at radius 2 is 2.33 bits per heavy atom. The highest BCUT2D eigenvalue weighted by Gasteiger charge is 2.26. The van der Waals surface area contributed by atoms with Crippen molar-refractivity contribution in [1.29, 1.82) is 0 Å². The van der Waals surface area contributed by atoms with Gasteiger partial charge in [-0.25, -0.2) is 5.11 Å². The first-order valence-corrected chi connectivity index (χ1v) is 2.52. The lowest BCUT2D eigenvalue weighted by Crippen LogP contribution is -2.36. The molecular weight excluding hydrogens is 120 g/mol. The smallest absolute Gasteiger partial charge is 0.188 e. The van der Waals surface area contributed by atoms with Gasteiger partial charge in [-0.15, -0.1) is 0 Å². The lowest BCUT2D eigenvalue weighted by molar-refractivity contribution is -0.136. The molecule has 0 heterocycles. The normalized spacial score (nSPS) is 16.3. The molecule has 1 radical (unpaired) electrons. The number of carbonyl (C=O) groups is 1. The summed E-state index contributed by atoms with van der Waals surface area (Å²) in [6.07, 6.45) is 0.942. The average molecular weight is 129 g/mol. The summed E-state index contributed by atoms with van der Waals surface area (Å²) in [5, 5.41) is 18.9. The molecule has 0 aromatic carbocycles. The average Bonchev–Trinajstić information content (AvgIpc) is 1.86. The number of ketones is 1. The van der Waals surface area contributed by atoms with Crippen molar-refractivity contribution in [2.24, 2.45) is 0 Å². The third-order valence-corrected chi connectivity index (χ3v) is 0.997. The minimum atomic E-state index is -1.76. The Bertz CT molecular complexity index is 126. The van der Waals surface area contributed by atoms with Gasteiger partial charge in [-0.1, -0.05) is 6.58 Å². The largest absolute Gasteiger partial charge is 0.379 e. The third-order valence-electron chi connectivity index (χ3n) is 0.997. The molecular formula is C6H9O3. The predicted octanol–water partition coefficient (Wildman–Crippen LogP) is -0.0770. The second-order valence-corrected chi connectivity index (χ2v) is 1.99. The van der Waals surface area contributed by atoms with E-state index in [4.69, 9.17) is 5.11 Å². The Kier molecular flexibility index (Phi) is 2.55. The van der Waals surface area contributed by atoms with Crippen molar-refractivity contribution >= 4 is 5.78 Å². The fourth-order valence-electron chi connectivity index (χ4n) is 0.291. The molecule has 0 rings (SSSR count). The summed E-state index contributed by atoms with van der Waals surface area (Å²) in [5.41, 5.74) is -1.76. The molecule has 1 N–H and O–H groups in total. The van der Waals surface area contributed by atoms with Crippen molar-refractivity contribution in [3.05, 3.63) is 12.7 Å². The first kappa shape index (κ1) is 8.33. The summed E-state index contributed by atoms with van der Waals surface area (Å²) in [6, 6.07) is 0. The lowest BCUT2D eigenvalue weighted by atomic mass is 10.0. The molecule has 3 heteroatoms. The van der Waals surface area contributed by atoms with E-state index >= 15 is 0 Å². The zero-order valence-electron chi connectivity index (χ0n) is 5.26. The molecule has 1 unspecified atom stereocenters. The standard InChI is InChI=1S/C6H9O3/c1-3-5(8)6(2,9)4-7/h3,9H,1,4H2,2H3. The summed E-state index contributed by atoms with van der Waals surface area (Å²) in [6.45, 7) is 3.48. The fourth-order valence-corrected chi connectivity index (χ4v) is 0.291. The zero-order valence-corrected chi connectivity index (χ0v) is 5.26. The molecule has 0 aliphatic carbocycles. The molecule has 0 amide bonds. The second-order valence-electron chi connectivity index (χ2n) is 1.99. The van der Waals surface area contributed by atoms with Gasteiger partial charge in [0.15, 0.2) is 11.4 Å². The van der Waals surface area contributed by atoms with Crippen LogP contribution in [0, 0.1) is 0 Å². The van der Waals surface area contributed by atoms with Crippen LogP contribution in [0.4, 0.5) is 0 Å². The molecule has 3 nitrogen and oxygen atoms in total. The molecule has 0 aromatic rings. The molecule has 9 heavy (non-hydrogen) atoms. The van der Waals surface area contributed by atoms with Gasteiger partial charge >= 0.3 is 0 Å². The van der Waals surface area contributed by atoms with Crippen molar-refractivity contribution in [3.8, 4) is 0 Å². The summed E-state index contributed by atoms with van der Waals surface area (Å²) >= 11 is 0. The van der Waals surface area contributed by atoms with Gasteiger partial charge in [0.1, 0.15) is 6.61 Å². The maximum atomic E-state index is 10.5. The maximum Gasteiger partial charge on any atom is 0.188 e. The van der Waals surface area contributed by atoms with Crippen molar-refractivity contribution < 1.29 is 15.0 Å². The van der Waals surface area contributed by atoms with E-state index < -0.39 is 18.0 Å². The van der Waals surface area contributed by atoms with Gasteiger partial charge < -0.3 is 5.11 Å². The summed E-state index contributed by atoms with van der Waals surface area (Å²) in [4.78, 5) is 10.5. The second kappa shape index (κ2) is 2.75. The van der Waals surface area contributed by atoms with E-state index in [-0.39, 0.29) is 0 Å². The molecule has 0 aliphatic heterocycles. The van der Waals surface area contributed by atoms with Gasteiger partial charge in [-0.05, 0) is 13.0 Å². The van der Waals surface area contributed by atoms with Crippen LogP contribution in [-0.2, 0) is 9.90 Å². The molecule has 0 saturated heterocycles. The third kappa shape index (κ3) is 1.95. The van der Waals surface area contributed by atoms with E-state index in [1.807, 2.05) is 0 Å². The van der Waals surface area contributed by atoms with Crippen LogP contribution in [0.15, 0.2) is 12.7 Å². The SMILES string of the molecule is C=CC(=O)C(C)(O)C[O]. The van der Waals surface area contributed by atoms with Crippen LogP contribution in [-0.4, -0.2) is 23.1 Å². The number of rotatable bonds is 3. The van der Waals surface area contributed by atoms with Crippen LogP contribution in [0.2, 0.25) is 0 Å². The van der Waals surface area contributed by atoms with Gasteiger partial charge in [-0.2, -0.15) is 0 Å². The summed E-state index contributed by atoms with van der Waals surface area (Å²) in [5.74, 6) is -0.627. The number of hydrogen-bond donors (Lipinski definition) is 1. The van der Waals surface area contributed by atoms with Gasteiger partial charge in [0, 0.05) is 0 Å². The molecule has 51 valence electrons. The van der Waals surface area contributed by atoms with Crippen LogP contribution >= 0.6 is 0 Å². The van der Waals surface area contributed by atoms with Gasteiger partial charge in [0.25, 0.3) is 0 Å². The Morgan fingerprint density at radius 1 is 1.89 bits per heavy atom. The molecule has 0 aliphatic rings. The van der Waals surface area contributed by atoms with Crippen molar-refractivity contribution in [3.63, 3.8) is 0 Å².